The van der Waals surface area contributed by atoms with Crippen molar-refractivity contribution in [2.24, 2.45) is 0 Å². The summed E-state index contributed by atoms with van der Waals surface area (Å²) in [5.74, 6) is 0.252. The van der Waals surface area contributed by atoms with Crippen LogP contribution in [-0.4, -0.2) is 44.4 Å². The third-order valence-corrected chi connectivity index (χ3v) is 3.86. The smallest absolute Gasteiger partial charge is 0.292 e. The summed E-state index contributed by atoms with van der Waals surface area (Å²) in [5, 5.41) is 11.2. The highest BCUT2D eigenvalue weighted by molar-refractivity contribution is 6.17. The van der Waals surface area contributed by atoms with Crippen LogP contribution in [0.3, 0.4) is 0 Å². The van der Waals surface area contributed by atoms with Crippen molar-refractivity contribution in [2.45, 2.75) is 18.1 Å². The van der Waals surface area contributed by atoms with Crippen molar-refractivity contribution in [3.05, 3.63) is 33.9 Å². The van der Waals surface area contributed by atoms with E-state index in [9.17, 15) is 10.1 Å². The molecule has 1 aliphatic rings. The standard InChI is InChI=1S/C13H17ClN2O4/c1-19-12-7-15(8-13(12)20-2)10-4-3-9(6-14)5-11(10)16(17)18/h3-5,12-13H,6-8H2,1-2H3. The molecule has 110 valence electrons. The molecule has 0 bridgehead atoms. The fourth-order valence-electron chi connectivity index (χ4n) is 2.46. The molecule has 2 unspecified atom stereocenters. The third kappa shape index (κ3) is 2.87. The Morgan fingerprint density at radius 1 is 1.35 bits per heavy atom. The second-order valence-corrected chi connectivity index (χ2v) is 4.93. The third-order valence-electron chi connectivity index (χ3n) is 3.55. The minimum atomic E-state index is -0.382. The highest BCUT2D eigenvalue weighted by Gasteiger charge is 2.35. The van der Waals surface area contributed by atoms with Crippen molar-refractivity contribution < 1.29 is 14.4 Å². The molecule has 20 heavy (non-hydrogen) atoms. The van der Waals surface area contributed by atoms with Gasteiger partial charge in [-0.05, 0) is 11.6 Å². The first kappa shape index (κ1) is 15.0. The lowest BCUT2D eigenvalue weighted by molar-refractivity contribution is -0.384. The average molecular weight is 301 g/mol. The van der Waals surface area contributed by atoms with E-state index in [2.05, 4.69) is 0 Å². The van der Waals surface area contributed by atoms with Crippen molar-refractivity contribution in [2.75, 3.05) is 32.2 Å². The molecule has 0 aliphatic carbocycles. The highest BCUT2D eigenvalue weighted by Crippen LogP contribution is 2.33. The van der Waals surface area contributed by atoms with Gasteiger partial charge in [0.2, 0.25) is 0 Å². The van der Waals surface area contributed by atoms with Gasteiger partial charge in [0.1, 0.15) is 17.9 Å². The molecule has 1 fully saturated rings. The number of anilines is 1. The zero-order valence-electron chi connectivity index (χ0n) is 11.4. The summed E-state index contributed by atoms with van der Waals surface area (Å²) in [6.07, 6.45) is -0.181. The molecule has 0 saturated carbocycles. The van der Waals surface area contributed by atoms with Crippen molar-refractivity contribution in [3.63, 3.8) is 0 Å². The van der Waals surface area contributed by atoms with E-state index in [1.807, 2.05) is 4.90 Å². The normalized spacial score (nSPS) is 22.2. The Bertz CT molecular complexity index is 485. The van der Waals surface area contributed by atoms with Crippen LogP contribution in [0.5, 0.6) is 0 Å². The van der Waals surface area contributed by atoms with Crippen LogP contribution in [0.15, 0.2) is 18.2 Å². The number of ether oxygens (including phenoxy) is 2. The number of nitro groups is 1. The van der Waals surface area contributed by atoms with E-state index < -0.39 is 0 Å². The summed E-state index contributed by atoms with van der Waals surface area (Å²) in [4.78, 5) is 12.8. The van der Waals surface area contributed by atoms with Crippen LogP contribution in [0.25, 0.3) is 0 Å². The summed E-state index contributed by atoms with van der Waals surface area (Å²) in [6.45, 7) is 1.13. The Morgan fingerprint density at radius 3 is 2.40 bits per heavy atom. The van der Waals surface area contributed by atoms with Gasteiger partial charge in [-0.2, -0.15) is 0 Å². The average Bonchev–Trinajstić information content (AvgIpc) is 2.89. The van der Waals surface area contributed by atoms with Crippen LogP contribution < -0.4 is 4.90 Å². The minimum absolute atomic E-state index is 0.0646. The molecular formula is C13H17ClN2O4. The molecule has 0 amide bonds. The molecule has 0 radical (unpaired) electrons. The predicted octanol–water partition coefficient (Wildman–Crippen LogP) is 2.18. The van der Waals surface area contributed by atoms with Gasteiger partial charge in [0, 0.05) is 39.3 Å². The summed E-state index contributed by atoms with van der Waals surface area (Å²) >= 11 is 5.73. The monoisotopic (exact) mass is 300 g/mol. The zero-order valence-corrected chi connectivity index (χ0v) is 12.2. The Kier molecular flexibility index (Phi) is 4.80. The van der Waals surface area contributed by atoms with Crippen LogP contribution in [0.1, 0.15) is 5.56 Å². The van der Waals surface area contributed by atoms with E-state index >= 15 is 0 Å². The maximum atomic E-state index is 11.2. The number of nitro benzene ring substituents is 1. The fraction of sp³-hybridized carbons (Fsp3) is 0.538. The molecule has 1 aromatic carbocycles. The molecule has 0 N–H and O–H groups in total. The molecule has 1 saturated heterocycles. The number of halogens is 1. The number of alkyl halides is 1. The molecule has 0 aromatic heterocycles. The van der Waals surface area contributed by atoms with Gasteiger partial charge in [0.05, 0.1) is 4.92 Å². The van der Waals surface area contributed by atoms with Crippen molar-refractivity contribution in [1.29, 1.82) is 0 Å². The number of hydrogen-bond acceptors (Lipinski definition) is 5. The fourth-order valence-corrected chi connectivity index (χ4v) is 2.63. The highest BCUT2D eigenvalue weighted by atomic mass is 35.5. The van der Waals surface area contributed by atoms with Crippen LogP contribution in [0.4, 0.5) is 11.4 Å². The minimum Gasteiger partial charge on any atom is -0.377 e. The first-order valence-electron chi connectivity index (χ1n) is 6.24. The van der Waals surface area contributed by atoms with Gasteiger partial charge >= 0.3 is 0 Å². The maximum absolute atomic E-state index is 11.2. The molecule has 1 aliphatic heterocycles. The van der Waals surface area contributed by atoms with E-state index in [1.54, 1.807) is 26.4 Å². The first-order valence-corrected chi connectivity index (χ1v) is 6.78. The van der Waals surface area contributed by atoms with Gasteiger partial charge in [-0.1, -0.05) is 6.07 Å². The molecular weight excluding hydrogens is 284 g/mol. The SMILES string of the molecule is COC1CN(c2ccc(CCl)cc2[N+](=O)[O-])CC1OC. The number of benzene rings is 1. The van der Waals surface area contributed by atoms with E-state index in [0.717, 1.165) is 5.56 Å². The van der Waals surface area contributed by atoms with Crippen molar-refractivity contribution in [1.82, 2.24) is 0 Å². The Morgan fingerprint density at radius 2 is 1.95 bits per heavy atom. The second-order valence-electron chi connectivity index (χ2n) is 4.67. The van der Waals surface area contributed by atoms with Crippen LogP contribution in [-0.2, 0) is 15.4 Å². The first-order chi connectivity index (χ1) is 9.60. The predicted molar refractivity (Wildman–Crippen MR) is 76.5 cm³/mol. The molecule has 1 aromatic rings. The second kappa shape index (κ2) is 6.39. The maximum Gasteiger partial charge on any atom is 0.292 e. The van der Waals surface area contributed by atoms with Crippen LogP contribution >= 0.6 is 11.6 Å². The topological polar surface area (TPSA) is 64.8 Å². The lowest BCUT2D eigenvalue weighted by Crippen LogP contribution is -2.27. The molecule has 6 nitrogen and oxygen atoms in total. The van der Waals surface area contributed by atoms with Crippen LogP contribution in [0, 0.1) is 10.1 Å². The lowest BCUT2D eigenvalue weighted by Gasteiger charge is -2.18. The van der Waals surface area contributed by atoms with E-state index in [1.165, 1.54) is 6.07 Å². The number of methoxy groups -OCH3 is 2. The van der Waals surface area contributed by atoms with Gasteiger partial charge in [-0.3, -0.25) is 10.1 Å². The van der Waals surface area contributed by atoms with Gasteiger partial charge in [-0.25, -0.2) is 0 Å². The van der Waals surface area contributed by atoms with Gasteiger partial charge in [0.25, 0.3) is 5.69 Å². The van der Waals surface area contributed by atoms with Crippen molar-refractivity contribution in [3.8, 4) is 0 Å². The van der Waals surface area contributed by atoms with Crippen molar-refractivity contribution >= 4 is 23.0 Å². The number of hydrogen-bond donors (Lipinski definition) is 0. The summed E-state index contributed by atoms with van der Waals surface area (Å²) < 4.78 is 10.7. The number of nitrogens with zero attached hydrogens (tertiary/aromatic N) is 2. The molecule has 2 atom stereocenters. The molecule has 1 heterocycles. The summed E-state index contributed by atoms with van der Waals surface area (Å²) in [7, 11) is 3.23. The lowest BCUT2D eigenvalue weighted by atomic mass is 10.2. The largest absolute Gasteiger partial charge is 0.377 e. The summed E-state index contributed by atoms with van der Waals surface area (Å²) in [5.41, 5.74) is 1.37. The van der Waals surface area contributed by atoms with Gasteiger partial charge in [0.15, 0.2) is 0 Å². The Balaban J connectivity index is 2.31. The molecule has 2 rings (SSSR count). The van der Waals surface area contributed by atoms with E-state index in [-0.39, 0.29) is 28.7 Å². The van der Waals surface area contributed by atoms with Gasteiger partial charge < -0.3 is 14.4 Å². The Hall–Kier alpha value is -1.37. The van der Waals surface area contributed by atoms with Crippen LogP contribution in [0.2, 0.25) is 0 Å². The molecule has 0 spiro atoms. The van der Waals surface area contributed by atoms with E-state index in [4.69, 9.17) is 21.1 Å². The number of rotatable bonds is 5. The quantitative estimate of drug-likeness (QED) is 0.474. The van der Waals surface area contributed by atoms with Gasteiger partial charge in [-0.15, -0.1) is 11.6 Å². The zero-order chi connectivity index (χ0) is 14.7. The molecule has 7 heteroatoms. The summed E-state index contributed by atoms with van der Waals surface area (Å²) in [6, 6.07) is 5.06. The Labute approximate surface area is 122 Å². The van der Waals surface area contributed by atoms with E-state index in [0.29, 0.717) is 18.8 Å².